The van der Waals surface area contributed by atoms with E-state index in [0.717, 1.165) is 0 Å². The molecule has 2 heterocycles. The number of amides is 1. The molecular weight excluding hydrogens is 220 g/mol. The Labute approximate surface area is 97.9 Å². The Bertz CT molecular complexity index is 469. The number of hydrogen-bond donors (Lipinski definition) is 2. The Morgan fingerprint density at radius 1 is 1.35 bits per heavy atom. The van der Waals surface area contributed by atoms with Crippen LogP contribution in [0.15, 0.2) is 30.9 Å². The Morgan fingerprint density at radius 2 is 2.12 bits per heavy atom. The summed E-state index contributed by atoms with van der Waals surface area (Å²) >= 11 is 0. The first-order valence-corrected chi connectivity index (χ1v) is 5.03. The topological polar surface area (TPSA) is 86.8 Å². The second kappa shape index (κ2) is 5.06. The highest BCUT2D eigenvalue weighted by Gasteiger charge is 2.09. The average molecular weight is 232 g/mol. The van der Waals surface area contributed by atoms with E-state index in [4.69, 9.17) is 0 Å². The number of carbonyl (C=O) groups excluding carboxylic acids is 1. The van der Waals surface area contributed by atoms with E-state index >= 15 is 0 Å². The van der Waals surface area contributed by atoms with Crippen LogP contribution < -0.4 is 10.2 Å². The van der Waals surface area contributed by atoms with Crippen LogP contribution in [0.5, 0.6) is 0 Å². The molecule has 7 heteroatoms. The summed E-state index contributed by atoms with van der Waals surface area (Å²) < 4.78 is 0. The van der Waals surface area contributed by atoms with Gasteiger partial charge >= 0.3 is 0 Å². The number of imidazole rings is 1. The van der Waals surface area contributed by atoms with Crippen molar-refractivity contribution in [2.24, 2.45) is 0 Å². The van der Waals surface area contributed by atoms with Gasteiger partial charge in [-0.05, 0) is 6.07 Å². The first-order chi connectivity index (χ1) is 8.25. The summed E-state index contributed by atoms with van der Waals surface area (Å²) in [6.07, 6.45) is 6.46. The van der Waals surface area contributed by atoms with Gasteiger partial charge in [-0.15, -0.1) is 0 Å². The first-order valence-electron chi connectivity index (χ1n) is 5.03. The van der Waals surface area contributed by atoms with Crippen LogP contribution >= 0.6 is 0 Å². The molecule has 0 saturated carbocycles. The van der Waals surface area contributed by atoms with Gasteiger partial charge in [0, 0.05) is 31.8 Å². The predicted molar refractivity (Wildman–Crippen MR) is 62.5 cm³/mol. The third kappa shape index (κ3) is 3.00. The molecule has 0 aliphatic heterocycles. The van der Waals surface area contributed by atoms with E-state index in [-0.39, 0.29) is 12.5 Å². The molecule has 0 aromatic carbocycles. The standard InChI is InChI=1S/C10H12N6O/c1-16(10-13-3-2-4-14-10)7-8(17)15-9-11-5-6-12-9/h2-6H,7H2,1H3,(H2,11,12,15,17). The fraction of sp³-hybridized carbons (Fsp3) is 0.200. The maximum atomic E-state index is 11.6. The van der Waals surface area contributed by atoms with Crippen molar-refractivity contribution in [3.63, 3.8) is 0 Å². The van der Waals surface area contributed by atoms with E-state index in [9.17, 15) is 4.79 Å². The second-order valence-corrected chi connectivity index (χ2v) is 3.39. The van der Waals surface area contributed by atoms with E-state index in [1.807, 2.05) is 0 Å². The number of anilines is 2. The monoisotopic (exact) mass is 232 g/mol. The summed E-state index contributed by atoms with van der Waals surface area (Å²) in [6, 6.07) is 1.72. The molecule has 0 aliphatic carbocycles. The van der Waals surface area contributed by atoms with Gasteiger partial charge in [0.05, 0.1) is 6.54 Å². The molecule has 2 rings (SSSR count). The van der Waals surface area contributed by atoms with Gasteiger partial charge in [-0.1, -0.05) is 0 Å². The van der Waals surface area contributed by atoms with Crippen LogP contribution in [0.1, 0.15) is 0 Å². The third-order valence-electron chi connectivity index (χ3n) is 2.03. The van der Waals surface area contributed by atoms with Crippen LogP contribution in [-0.4, -0.2) is 39.4 Å². The fourth-order valence-corrected chi connectivity index (χ4v) is 1.28. The van der Waals surface area contributed by atoms with E-state index in [0.29, 0.717) is 11.9 Å². The van der Waals surface area contributed by atoms with Crippen LogP contribution in [-0.2, 0) is 4.79 Å². The molecule has 0 spiro atoms. The molecule has 0 unspecified atom stereocenters. The maximum Gasteiger partial charge on any atom is 0.246 e. The van der Waals surface area contributed by atoms with E-state index in [1.54, 1.807) is 42.8 Å². The Hall–Kier alpha value is -2.44. The van der Waals surface area contributed by atoms with Gasteiger partial charge in [0.25, 0.3) is 0 Å². The molecule has 2 aromatic heterocycles. The van der Waals surface area contributed by atoms with Crippen LogP contribution in [0.3, 0.4) is 0 Å². The molecule has 0 fully saturated rings. The van der Waals surface area contributed by atoms with Crippen molar-refractivity contribution < 1.29 is 4.79 Å². The van der Waals surface area contributed by atoms with Gasteiger partial charge in [0.1, 0.15) is 0 Å². The van der Waals surface area contributed by atoms with E-state index < -0.39 is 0 Å². The normalized spacial score (nSPS) is 9.94. The molecule has 0 bridgehead atoms. The zero-order chi connectivity index (χ0) is 12.1. The van der Waals surface area contributed by atoms with Crippen LogP contribution in [0.4, 0.5) is 11.9 Å². The van der Waals surface area contributed by atoms with Crippen LogP contribution in [0.2, 0.25) is 0 Å². The zero-order valence-corrected chi connectivity index (χ0v) is 9.29. The molecule has 0 aliphatic rings. The molecule has 0 atom stereocenters. The number of carbonyl (C=O) groups is 1. The highest BCUT2D eigenvalue weighted by atomic mass is 16.2. The van der Waals surface area contributed by atoms with Crippen molar-refractivity contribution in [3.8, 4) is 0 Å². The van der Waals surface area contributed by atoms with Crippen molar-refractivity contribution >= 4 is 17.8 Å². The summed E-state index contributed by atoms with van der Waals surface area (Å²) in [5.41, 5.74) is 0. The molecule has 7 nitrogen and oxygen atoms in total. The average Bonchev–Trinajstić information content (AvgIpc) is 2.82. The smallest absolute Gasteiger partial charge is 0.246 e. The number of aromatic amines is 1. The highest BCUT2D eigenvalue weighted by Crippen LogP contribution is 2.02. The quantitative estimate of drug-likeness (QED) is 0.790. The molecule has 0 radical (unpaired) electrons. The number of hydrogen-bond acceptors (Lipinski definition) is 5. The first kappa shape index (κ1) is 11.1. The number of H-pyrrole nitrogens is 1. The Morgan fingerprint density at radius 3 is 2.76 bits per heavy atom. The molecule has 88 valence electrons. The maximum absolute atomic E-state index is 11.6. The molecule has 2 N–H and O–H groups in total. The van der Waals surface area contributed by atoms with Gasteiger partial charge in [0.15, 0.2) is 0 Å². The van der Waals surface area contributed by atoms with Crippen LogP contribution in [0, 0.1) is 0 Å². The van der Waals surface area contributed by atoms with Gasteiger partial charge in [-0.2, -0.15) is 0 Å². The van der Waals surface area contributed by atoms with Crippen molar-refractivity contribution in [2.75, 3.05) is 23.8 Å². The fourth-order valence-electron chi connectivity index (χ4n) is 1.28. The van der Waals surface area contributed by atoms with Gasteiger partial charge < -0.3 is 9.88 Å². The van der Waals surface area contributed by atoms with Crippen molar-refractivity contribution in [2.45, 2.75) is 0 Å². The van der Waals surface area contributed by atoms with Crippen molar-refractivity contribution in [1.82, 2.24) is 19.9 Å². The molecular formula is C10H12N6O. The molecule has 2 aromatic rings. The highest BCUT2D eigenvalue weighted by molar-refractivity contribution is 5.92. The molecule has 17 heavy (non-hydrogen) atoms. The summed E-state index contributed by atoms with van der Waals surface area (Å²) in [5, 5.41) is 2.62. The van der Waals surface area contributed by atoms with Gasteiger partial charge in [0.2, 0.25) is 17.8 Å². The van der Waals surface area contributed by atoms with Crippen molar-refractivity contribution in [3.05, 3.63) is 30.9 Å². The van der Waals surface area contributed by atoms with Crippen molar-refractivity contribution in [1.29, 1.82) is 0 Å². The number of aromatic nitrogens is 4. The SMILES string of the molecule is CN(CC(=O)Nc1ncc[nH]1)c1ncccn1. The van der Waals surface area contributed by atoms with E-state index in [2.05, 4.69) is 25.3 Å². The number of nitrogens with zero attached hydrogens (tertiary/aromatic N) is 4. The molecule has 1 amide bonds. The summed E-state index contributed by atoms with van der Waals surface area (Å²) in [5.74, 6) is 0.745. The predicted octanol–water partition coefficient (Wildman–Crippen LogP) is 0.275. The number of likely N-dealkylation sites (N-methyl/N-ethyl adjacent to an activating group) is 1. The summed E-state index contributed by atoms with van der Waals surface area (Å²) in [7, 11) is 1.75. The van der Waals surface area contributed by atoms with Gasteiger partial charge in [-0.25, -0.2) is 15.0 Å². The summed E-state index contributed by atoms with van der Waals surface area (Å²) in [4.78, 5) is 28.0. The minimum atomic E-state index is -0.185. The van der Waals surface area contributed by atoms with E-state index in [1.165, 1.54) is 0 Å². The molecule has 0 saturated heterocycles. The Kier molecular flexibility index (Phi) is 3.29. The minimum Gasteiger partial charge on any atom is -0.335 e. The zero-order valence-electron chi connectivity index (χ0n) is 9.29. The lowest BCUT2D eigenvalue weighted by molar-refractivity contribution is -0.115. The summed E-state index contributed by atoms with van der Waals surface area (Å²) in [6.45, 7) is 0.157. The van der Waals surface area contributed by atoms with Gasteiger partial charge in [-0.3, -0.25) is 10.1 Å². The second-order valence-electron chi connectivity index (χ2n) is 3.39. The lowest BCUT2D eigenvalue weighted by atomic mass is 10.5. The number of nitrogens with one attached hydrogen (secondary N) is 2. The lowest BCUT2D eigenvalue weighted by Gasteiger charge is -2.15. The van der Waals surface area contributed by atoms with Crippen LogP contribution in [0.25, 0.3) is 0 Å². The third-order valence-corrected chi connectivity index (χ3v) is 2.03. The lowest BCUT2D eigenvalue weighted by Crippen LogP contribution is -2.31. The minimum absolute atomic E-state index is 0.157. The number of rotatable bonds is 4. The Balaban J connectivity index is 1.91. The largest absolute Gasteiger partial charge is 0.335 e.